The first kappa shape index (κ1) is 20.2. The number of aromatic carboxylic acids is 1. The molecule has 2 aromatic rings. The van der Waals surface area contributed by atoms with Crippen LogP contribution in [0.15, 0.2) is 60.6 Å². The van der Waals surface area contributed by atoms with Crippen molar-refractivity contribution in [3.05, 3.63) is 72.7 Å². The number of hydrogen-bond donors (Lipinski definition) is 3. The third-order valence-electron chi connectivity index (χ3n) is 4.85. The zero-order chi connectivity index (χ0) is 21.0. The molecule has 0 amide bonds. The molecule has 0 aliphatic heterocycles. The molecular formula is C20H21F2N5O2. The van der Waals surface area contributed by atoms with Gasteiger partial charge in [-0.15, -0.1) is 0 Å². The monoisotopic (exact) mass is 401 g/mol. The minimum atomic E-state index is -1.04. The fourth-order valence-electron chi connectivity index (χ4n) is 3.31. The smallest absolute Gasteiger partial charge is 0.337 e. The van der Waals surface area contributed by atoms with Crippen molar-refractivity contribution in [3.63, 3.8) is 0 Å². The molecule has 1 aliphatic rings. The van der Waals surface area contributed by atoms with Crippen LogP contribution in [0.4, 0.5) is 8.78 Å². The maximum atomic E-state index is 14.2. The maximum Gasteiger partial charge on any atom is 0.337 e. The Morgan fingerprint density at radius 2 is 2.28 bits per heavy atom. The SMILES string of the molecule is C=C/C(=C\NC(N)=NCC1(c2ncccc2F)CC(F)C1)n1ccc(C(=O)O)c1. The van der Waals surface area contributed by atoms with Gasteiger partial charge in [0.1, 0.15) is 12.0 Å². The summed E-state index contributed by atoms with van der Waals surface area (Å²) in [5.74, 6) is -1.48. The predicted octanol–water partition coefficient (Wildman–Crippen LogP) is 2.68. The highest BCUT2D eigenvalue weighted by Gasteiger charge is 2.48. The van der Waals surface area contributed by atoms with Gasteiger partial charge in [0.2, 0.25) is 0 Å². The molecule has 0 unspecified atom stereocenters. The van der Waals surface area contributed by atoms with Crippen molar-refractivity contribution in [2.24, 2.45) is 10.7 Å². The van der Waals surface area contributed by atoms with Crippen LogP contribution >= 0.6 is 0 Å². The second kappa shape index (κ2) is 8.26. The summed E-state index contributed by atoms with van der Waals surface area (Å²) in [6, 6.07) is 4.23. The number of allylic oxidation sites excluding steroid dienone is 2. The fraction of sp³-hybridized carbons (Fsp3) is 0.250. The van der Waals surface area contributed by atoms with E-state index in [2.05, 4.69) is 21.9 Å². The highest BCUT2D eigenvalue weighted by Crippen LogP contribution is 2.45. The molecule has 4 N–H and O–H groups in total. The second-order valence-electron chi connectivity index (χ2n) is 6.85. The van der Waals surface area contributed by atoms with Crippen molar-refractivity contribution in [1.29, 1.82) is 0 Å². The minimum Gasteiger partial charge on any atom is -0.478 e. The second-order valence-corrected chi connectivity index (χ2v) is 6.85. The largest absolute Gasteiger partial charge is 0.478 e. The highest BCUT2D eigenvalue weighted by molar-refractivity contribution is 5.88. The van der Waals surface area contributed by atoms with Gasteiger partial charge in [0, 0.05) is 30.2 Å². The molecule has 3 rings (SSSR count). The van der Waals surface area contributed by atoms with E-state index in [-0.39, 0.29) is 36.6 Å². The van der Waals surface area contributed by atoms with E-state index in [0.29, 0.717) is 5.70 Å². The van der Waals surface area contributed by atoms with Crippen molar-refractivity contribution in [1.82, 2.24) is 14.9 Å². The molecule has 0 spiro atoms. The lowest BCUT2D eigenvalue weighted by Crippen LogP contribution is -2.47. The summed E-state index contributed by atoms with van der Waals surface area (Å²) >= 11 is 0. The van der Waals surface area contributed by atoms with E-state index in [9.17, 15) is 13.6 Å². The molecule has 0 aromatic carbocycles. The molecule has 7 nitrogen and oxygen atoms in total. The summed E-state index contributed by atoms with van der Waals surface area (Å²) in [6.45, 7) is 3.77. The normalized spacial score (nSPS) is 22.1. The molecule has 9 heteroatoms. The Morgan fingerprint density at radius 3 is 2.86 bits per heavy atom. The number of rotatable bonds is 7. The van der Waals surface area contributed by atoms with Crippen molar-refractivity contribution in [2.45, 2.75) is 24.4 Å². The van der Waals surface area contributed by atoms with E-state index in [0.717, 1.165) is 0 Å². The Balaban J connectivity index is 1.73. The molecule has 29 heavy (non-hydrogen) atoms. The molecule has 152 valence electrons. The van der Waals surface area contributed by atoms with Gasteiger partial charge in [0.25, 0.3) is 0 Å². The van der Waals surface area contributed by atoms with E-state index < -0.39 is 23.4 Å². The standard InChI is InChI=1S/C20H21F2N5O2/c1-2-15(27-7-5-13(11-27)18(28)29)10-25-19(23)26-12-20(8-14(21)9-20)17-16(22)4-3-6-24-17/h2-7,10-11,14H,1,8-9,12H2,(H,28,29)(H3,23,25,26)/b15-10+. The van der Waals surface area contributed by atoms with Crippen LogP contribution in [-0.4, -0.2) is 39.3 Å². The molecule has 2 heterocycles. The number of carboxylic acid groups (broad SMARTS) is 1. The van der Waals surface area contributed by atoms with Crippen LogP contribution < -0.4 is 11.1 Å². The van der Waals surface area contributed by atoms with Crippen molar-refractivity contribution in [3.8, 4) is 0 Å². The van der Waals surface area contributed by atoms with Crippen LogP contribution in [0, 0.1) is 5.82 Å². The zero-order valence-electron chi connectivity index (χ0n) is 15.6. The van der Waals surface area contributed by atoms with Gasteiger partial charge in [0.05, 0.1) is 23.5 Å². The highest BCUT2D eigenvalue weighted by atomic mass is 19.1. The predicted molar refractivity (Wildman–Crippen MR) is 105 cm³/mol. The quantitative estimate of drug-likeness (QED) is 0.376. The van der Waals surface area contributed by atoms with Gasteiger partial charge in [-0.2, -0.15) is 0 Å². The third-order valence-corrected chi connectivity index (χ3v) is 4.85. The molecular weight excluding hydrogens is 380 g/mol. The topological polar surface area (TPSA) is 106 Å². The third kappa shape index (κ3) is 4.34. The average Bonchev–Trinajstić information content (AvgIpc) is 3.15. The number of alkyl halides is 1. The molecule has 0 radical (unpaired) electrons. The van der Waals surface area contributed by atoms with Crippen LogP contribution in [0.25, 0.3) is 5.70 Å². The Bertz CT molecular complexity index is 977. The van der Waals surface area contributed by atoms with E-state index in [1.807, 2.05) is 0 Å². The number of aliphatic imine (C=N–C) groups is 1. The van der Waals surface area contributed by atoms with E-state index in [1.165, 1.54) is 42.9 Å². The van der Waals surface area contributed by atoms with Crippen LogP contribution in [0.5, 0.6) is 0 Å². The van der Waals surface area contributed by atoms with E-state index in [1.54, 1.807) is 10.8 Å². The number of nitrogens with zero attached hydrogens (tertiary/aromatic N) is 3. The van der Waals surface area contributed by atoms with E-state index in [4.69, 9.17) is 10.8 Å². The number of hydrogen-bond acceptors (Lipinski definition) is 3. The van der Waals surface area contributed by atoms with E-state index >= 15 is 0 Å². The fourth-order valence-corrected chi connectivity index (χ4v) is 3.31. The zero-order valence-corrected chi connectivity index (χ0v) is 15.6. The number of halogens is 2. The Labute approximate surface area is 166 Å². The Kier molecular flexibility index (Phi) is 5.76. The Morgan fingerprint density at radius 1 is 1.52 bits per heavy atom. The molecule has 2 aromatic heterocycles. The van der Waals surface area contributed by atoms with Crippen LogP contribution in [0.2, 0.25) is 0 Å². The molecule has 0 atom stereocenters. The summed E-state index contributed by atoms with van der Waals surface area (Å²) < 4.78 is 29.3. The summed E-state index contributed by atoms with van der Waals surface area (Å²) in [5.41, 5.74) is 5.93. The van der Waals surface area contributed by atoms with Gasteiger partial charge in [-0.05, 0) is 37.1 Å². The maximum absolute atomic E-state index is 14.2. The van der Waals surface area contributed by atoms with Crippen molar-refractivity contribution in [2.75, 3.05) is 6.54 Å². The summed E-state index contributed by atoms with van der Waals surface area (Å²) in [4.78, 5) is 19.3. The van der Waals surface area contributed by atoms with Gasteiger partial charge in [-0.1, -0.05) is 6.58 Å². The number of aromatic nitrogens is 2. The number of guanidine groups is 1. The molecule has 1 fully saturated rings. The van der Waals surface area contributed by atoms with Gasteiger partial charge in [-0.25, -0.2) is 13.6 Å². The molecule has 0 bridgehead atoms. The van der Waals surface area contributed by atoms with Gasteiger partial charge in [0.15, 0.2) is 5.96 Å². The number of carboxylic acids is 1. The van der Waals surface area contributed by atoms with Crippen molar-refractivity contribution >= 4 is 17.6 Å². The lowest BCUT2D eigenvalue weighted by molar-refractivity contribution is 0.0697. The van der Waals surface area contributed by atoms with Gasteiger partial charge >= 0.3 is 5.97 Å². The first-order valence-electron chi connectivity index (χ1n) is 8.90. The first-order chi connectivity index (χ1) is 13.8. The van der Waals surface area contributed by atoms with Crippen molar-refractivity contribution < 1.29 is 18.7 Å². The molecule has 1 saturated carbocycles. The number of nitrogens with one attached hydrogen (secondary N) is 1. The van der Waals surface area contributed by atoms with Crippen LogP contribution in [0.1, 0.15) is 28.9 Å². The van der Waals surface area contributed by atoms with Gasteiger partial charge < -0.3 is 20.7 Å². The summed E-state index contributed by atoms with van der Waals surface area (Å²) in [5, 5.41) is 11.8. The summed E-state index contributed by atoms with van der Waals surface area (Å²) in [6.07, 6.45) is 6.73. The minimum absolute atomic E-state index is 0.0491. The number of carbonyl (C=O) groups is 1. The molecule has 1 aliphatic carbocycles. The van der Waals surface area contributed by atoms with Crippen LogP contribution in [-0.2, 0) is 5.41 Å². The van der Waals surface area contributed by atoms with Gasteiger partial charge in [-0.3, -0.25) is 9.98 Å². The number of pyridine rings is 1. The molecule has 0 saturated heterocycles. The first-order valence-corrected chi connectivity index (χ1v) is 8.90. The van der Waals surface area contributed by atoms with Crippen LogP contribution in [0.3, 0.4) is 0 Å². The Hall–Kier alpha value is -3.49. The lowest BCUT2D eigenvalue weighted by atomic mass is 9.65. The lowest BCUT2D eigenvalue weighted by Gasteiger charge is -2.42. The number of nitrogens with two attached hydrogens (primary N) is 1. The summed E-state index contributed by atoms with van der Waals surface area (Å²) in [7, 11) is 0. The average molecular weight is 401 g/mol.